The smallest absolute Gasteiger partial charge is 0.341 e. The maximum absolute atomic E-state index is 12.1. The summed E-state index contributed by atoms with van der Waals surface area (Å²) in [6.07, 6.45) is 6.11. The highest BCUT2D eigenvalue weighted by molar-refractivity contribution is 7.16. The zero-order valence-electron chi connectivity index (χ0n) is 11.7. The van der Waals surface area contributed by atoms with Crippen LogP contribution in [0.2, 0.25) is 0 Å². The van der Waals surface area contributed by atoms with Crippen LogP contribution in [0.5, 0.6) is 0 Å². The number of thiophene rings is 1. The molecule has 0 radical (unpaired) electrons. The molecule has 1 aliphatic carbocycles. The van der Waals surface area contributed by atoms with Crippen molar-refractivity contribution in [2.24, 2.45) is 4.99 Å². The molecule has 0 bridgehead atoms. The molecule has 0 unspecified atom stereocenters. The van der Waals surface area contributed by atoms with E-state index >= 15 is 0 Å². The molecule has 1 aromatic heterocycles. The van der Waals surface area contributed by atoms with Gasteiger partial charge in [0.1, 0.15) is 5.00 Å². The number of carbonyl (C=O) groups excluding carboxylic acids is 1. The fourth-order valence-electron chi connectivity index (χ4n) is 2.22. The first-order valence-electron chi connectivity index (χ1n) is 6.65. The van der Waals surface area contributed by atoms with Gasteiger partial charge in [-0.15, -0.1) is 11.3 Å². The van der Waals surface area contributed by atoms with E-state index in [2.05, 4.69) is 4.99 Å². The number of rotatable bonds is 4. The van der Waals surface area contributed by atoms with Crippen LogP contribution in [-0.4, -0.2) is 37.9 Å². The lowest BCUT2D eigenvalue weighted by Gasteiger charge is -2.11. The molecule has 0 fully saturated rings. The van der Waals surface area contributed by atoms with E-state index in [9.17, 15) is 4.79 Å². The summed E-state index contributed by atoms with van der Waals surface area (Å²) in [5, 5.41) is 0.791. The molecule has 0 aliphatic heterocycles. The molecule has 0 spiro atoms. The predicted octanol–water partition coefficient (Wildman–Crippen LogP) is 3.03. The summed E-state index contributed by atoms with van der Waals surface area (Å²) in [5.74, 6) is -0.229. The summed E-state index contributed by atoms with van der Waals surface area (Å²) in [7, 11) is 3.84. The van der Waals surface area contributed by atoms with Crippen molar-refractivity contribution in [2.45, 2.75) is 32.6 Å². The van der Waals surface area contributed by atoms with E-state index in [1.54, 1.807) is 17.7 Å². The second-order valence-corrected chi connectivity index (χ2v) is 5.90. The average Bonchev–Trinajstić information content (AvgIpc) is 2.74. The third kappa shape index (κ3) is 3.15. The molecule has 0 saturated carbocycles. The van der Waals surface area contributed by atoms with E-state index in [1.165, 1.54) is 16.9 Å². The third-order valence-electron chi connectivity index (χ3n) is 3.04. The van der Waals surface area contributed by atoms with E-state index in [0.29, 0.717) is 12.2 Å². The van der Waals surface area contributed by atoms with Gasteiger partial charge in [0.15, 0.2) is 0 Å². The van der Waals surface area contributed by atoms with Crippen molar-refractivity contribution >= 4 is 28.6 Å². The number of esters is 1. The number of carbonyl (C=O) groups is 1. The molecule has 104 valence electrons. The first kappa shape index (κ1) is 14.1. The average molecular weight is 280 g/mol. The van der Waals surface area contributed by atoms with Gasteiger partial charge in [-0.2, -0.15) is 0 Å². The standard InChI is InChI=1S/C14H20N2O2S/c1-4-18-14(17)12-10-7-5-6-8-11(10)19-13(12)15-9-16(2)3/h9H,4-8H2,1-3H3. The molecule has 0 amide bonds. The highest BCUT2D eigenvalue weighted by atomic mass is 32.1. The Balaban J connectivity index is 2.40. The minimum atomic E-state index is -0.229. The minimum absolute atomic E-state index is 0.229. The Bertz CT molecular complexity index is 492. The molecule has 5 heteroatoms. The summed E-state index contributed by atoms with van der Waals surface area (Å²) >= 11 is 1.63. The van der Waals surface area contributed by atoms with Crippen molar-refractivity contribution in [2.75, 3.05) is 20.7 Å². The molecule has 19 heavy (non-hydrogen) atoms. The molecule has 1 heterocycles. The Morgan fingerprint density at radius 3 is 2.84 bits per heavy atom. The van der Waals surface area contributed by atoms with Crippen molar-refractivity contribution in [1.82, 2.24) is 4.90 Å². The van der Waals surface area contributed by atoms with E-state index in [4.69, 9.17) is 4.74 Å². The fraction of sp³-hybridized carbons (Fsp3) is 0.571. The van der Waals surface area contributed by atoms with Crippen LogP contribution in [0.1, 0.15) is 40.6 Å². The maximum Gasteiger partial charge on any atom is 0.341 e. The second-order valence-electron chi connectivity index (χ2n) is 4.82. The number of nitrogens with zero attached hydrogens (tertiary/aromatic N) is 2. The molecule has 2 rings (SSSR count). The Kier molecular flexibility index (Phi) is 4.58. The van der Waals surface area contributed by atoms with Crippen LogP contribution in [0.15, 0.2) is 4.99 Å². The van der Waals surface area contributed by atoms with E-state index in [-0.39, 0.29) is 5.97 Å². The first-order valence-corrected chi connectivity index (χ1v) is 7.47. The van der Waals surface area contributed by atoms with Crippen LogP contribution in [0.25, 0.3) is 0 Å². The molecule has 0 atom stereocenters. The zero-order chi connectivity index (χ0) is 13.8. The quantitative estimate of drug-likeness (QED) is 0.483. The van der Waals surface area contributed by atoms with Gasteiger partial charge in [-0.05, 0) is 38.2 Å². The van der Waals surface area contributed by atoms with Crippen molar-refractivity contribution in [3.8, 4) is 0 Å². The van der Waals surface area contributed by atoms with Crippen LogP contribution >= 0.6 is 11.3 Å². The van der Waals surface area contributed by atoms with Crippen molar-refractivity contribution in [3.63, 3.8) is 0 Å². The van der Waals surface area contributed by atoms with Gasteiger partial charge in [0.05, 0.1) is 18.5 Å². The monoisotopic (exact) mass is 280 g/mol. The van der Waals surface area contributed by atoms with Gasteiger partial charge in [-0.1, -0.05) is 0 Å². The van der Waals surface area contributed by atoms with Gasteiger partial charge in [-0.3, -0.25) is 0 Å². The summed E-state index contributed by atoms with van der Waals surface area (Å²) in [6.45, 7) is 2.24. The summed E-state index contributed by atoms with van der Waals surface area (Å²) < 4.78 is 5.18. The largest absolute Gasteiger partial charge is 0.462 e. The molecular formula is C14H20N2O2S. The van der Waals surface area contributed by atoms with Crippen molar-refractivity contribution in [3.05, 3.63) is 16.0 Å². The normalized spacial score (nSPS) is 14.5. The Morgan fingerprint density at radius 1 is 1.42 bits per heavy atom. The lowest BCUT2D eigenvalue weighted by Crippen LogP contribution is -2.10. The highest BCUT2D eigenvalue weighted by Crippen LogP contribution is 2.40. The topological polar surface area (TPSA) is 41.9 Å². The Morgan fingerprint density at radius 2 is 2.16 bits per heavy atom. The SMILES string of the molecule is CCOC(=O)c1c(N=CN(C)C)sc2c1CCCC2. The van der Waals surface area contributed by atoms with Crippen molar-refractivity contribution in [1.29, 1.82) is 0 Å². The van der Waals surface area contributed by atoms with Gasteiger partial charge in [0.2, 0.25) is 0 Å². The van der Waals surface area contributed by atoms with Gasteiger partial charge in [0.25, 0.3) is 0 Å². The number of hydrogen-bond donors (Lipinski definition) is 0. The molecule has 0 N–H and O–H groups in total. The summed E-state index contributed by atoms with van der Waals surface area (Å²) in [6, 6.07) is 0. The van der Waals surface area contributed by atoms with Crippen molar-refractivity contribution < 1.29 is 9.53 Å². The Labute approximate surface area is 118 Å². The third-order valence-corrected chi connectivity index (χ3v) is 4.24. The van der Waals surface area contributed by atoms with E-state index < -0.39 is 0 Å². The van der Waals surface area contributed by atoms with Crippen LogP contribution in [0.4, 0.5) is 5.00 Å². The predicted molar refractivity (Wildman–Crippen MR) is 78.8 cm³/mol. The van der Waals surface area contributed by atoms with Gasteiger partial charge in [0, 0.05) is 19.0 Å². The zero-order valence-corrected chi connectivity index (χ0v) is 12.5. The second kappa shape index (κ2) is 6.19. The van der Waals surface area contributed by atoms with Gasteiger partial charge in [-0.25, -0.2) is 9.79 Å². The lowest BCUT2D eigenvalue weighted by molar-refractivity contribution is 0.0526. The molecular weight excluding hydrogens is 260 g/mol. The maximum atomic E-state index is 12.1. The van der Waals surface area contributed by atoms with Crippen LogP contribution in [0, 0.1) is 0 Å². The number of aliphatic imine (C=N–C) groups is 1. The molecule has 4 nitrogen and oxygen atoms in total. The lowest BCUT2D eigenvalue weighted by atomic mass is 9.95. The summed E-state index contributed by atoms with van der Waals surface area (Å²) in [5.41, 5.74) is 1.86. The molecule has 0 aromatic carbocycles. The number of aryl methyl sites for hydroxylation is 1. The van der Waals surface area contributed by atoms with E-state index in [1.807, 2.05) is 25.9 Å². The van der Waals surface area contributed by atoms with Crippen LogP contribution in [0.3, 0.4) is 0 Å². The first-order chi connectivity index (χ1) is 9.13. The minimum Gasteiger partial charge on any atom is -0.462 e. The van der Waals surface area contributed by atoms with Crippen LogP contribution in [-0.2, 0) is 17.6 Å². The Hall–Kier alpha value is -1.36. The molecule has 0 saturated heterocycles. The molecule has 1 aliphatic rings. The summed E-state index contributed by atoms with van der Waals surface area (Å²) in [4.78, 5) is 19.7. The fourth-order valence-corrected chi connectivity index (χ4v) is 3.44. The van der Waals surface area contributed by atoms with Gasteiger partial charge < -0.3 is 9.64 Å². The molecule has 1 aromatic rings. The van der Waals surface area contributed by atoms with Gasteiger partial charge >= 0.3 is 5.97 Å². The number of hydrogen-bond acceptors (Lipinski definition) is 4. The number of fused-ring (bicyclic) bond motifs is 1. The van der Waals surface area contributed by atoms with E-state index in [0.717, 1.165) is 24.3 Å². The van der Waals surface area contributed by atoms with Crippen LogP contribution < -0.4 is 0 Å². The number of ether oxygens (including phenoxy) is 1. The highest BCUT2D eigenvalue weighted by Gasteiger charge is 2.25.